The second-order valence-corrected chi connectivity index (χ2v) is 18.3. The summed E-state index contributed by atoms with van der Waals surface area (Å²) in [6.07, 6.45) is -1.55. The fraction of sp³-hybridized carbons (Fsp3) is 0.484. The van der Waals surface area contributed by atoms with Gasteiger partial charge in [0.25, 0.3) is 0 Å². The van der Waals surface area contributed by atoms with Gasteiger partial charge in [-0.25, -0.2) is 0 Å². The minimum atomic E-state index is -1.75. The fourth-order valence-corrected chi connectivity index (χ4v) is 9.92. The average molecular weight is 789 g/mol. The molecule has 0 spiro atoms. The predicted molar refractivity (Wildman–Crippen MR) is 182 cm³/mol. The summed E-state index contributed by atoms with van der Waals surface area (Å²) < 4.78 is 20.0. The van der Waals surface area contributed by atoms with Crippen molar-refractivity contribution in [2.75, 3.05) is 39.5 Å². The number of alkyl halides is 1. The predicted octanol–water partition coefficient (Wildman–Crippen LogP) is 6.88. The molecule has 11 nitrogen and oxygen atoms in total. The van der Waals surface area contributed by atoms with Gasteiger partial charge in [0.05, 0.1) is 0 Å². The summed E-state index contributed by atoms with van der Waals surface area (Å²) in [5.41, 5.74) is -0.834. The number of benzene rings is 2. The number of urea groups is 1. The molecule has 3 rings (SSSR count). The number of amides is 4. The van der Waals surface area contributed by atoms with Gasteiger partial charge in [0.1, 0.15) is 0 Å². The second kappa shape index (κ2) is 14.4. The van der Waals surface area contributed by atoms with Gasteiger partial charge in [-0.1, -0.05) is 0 Å². The molecule has 2 aromatic carbocycles. The van der Waals surface area contributed by atoms with Crippen LogP contribution in [0.15, 0.2) is 51.9 Å². The van der Waals surface area contributed by atoms with Gasteiger partial charge in [-0.05, 0) is 0 Å². The van der Waals surface area contributed by atoms with Gasteiger partial charge in [0.2, 0.25) is 0 Å². The number of rotatable bonds is 5. The molecule has 44 heavy (non-hydrogen) atoms. The number of hydrogen-bond donors (Lipinski definition) is 0. The molecule has 1 heterocycles. The third kappa shape index (κ3) is 9.71. The zero-order chi connectivity index (χ0) is 33.0. The van der Waals surface area contributed by atoms with E-state index in [1.54, 1.807) is 67.6 Å². The van der Waals surface area contributed by atoms with E-state index in [4.69, 9.17) is 14.2 Å². The third-order valence-corrected chi connectivity index (χ3v) is 12.8. The summed E-state index contributed by atoms with van der Waals surface area (Å²) in [4.78, 5) is 51.8. The summed E-state index contributed by atoms with van der Waals surface area (Å²) in [6, 6.07) is 14.0. The van der Waals surface area contributed by atoms with Crippen molar-refractivity contribution in [1.82, 2.24) is 19.6 Å². The maximum atomic E-state index is 13.8. The number of methoxy groups -OCH3 is 1. The molecule has 0 aliphatic carbocycles. The molecular formula is C31H43BrIN5O6. The molecule has 0 unspecified atom stereocenters. The van der Waals surface area contributed by atoms with E-state index in [-0.39, 0.29) is 31.9 Å². The summed E-state index contributed by atoms with van der Waals surface area (Å²) in [7, 11) is 4.92. The summed E-state index contributed by atoms with van der Waals surface area (Å²) >= 11 is 2.02. The molecule has 0 aromatic heterocycles. The minimum absolute atomic E-state index is 0.0158. The van der Waals surface area contributed by atoms with Crippen LogP contribution in [0.5, 0.6) is 5.75 Å². The van der Waals surface area contributed by atoms with E-state index in [0.29, 0.717) is 0 Å². The van der Waals surface area contributed by atoms with Crippen LogP contribution in [0.1, 0.15) is 47.1 Å². The summed E-state index contributed by atoms with van der Waals surface area (Å²) in [5, 5.41) is 0. The molecule has 0 atom stereocenters. The standard InChI is InChI=1S/C31H43BrIN5O6/c1-30(2,3)43-27(39)34-26(37-19-35(8)28(40)36(9)20-37)38(29(41)44-31(4,5)6)18-21-11-16-25(24(32)17-21)33(7)22-12-14-23(42-10)15-13-22/h11-17H,18-20H2,1-10H3. The molecule has 1 fully saturated rings. The first kappa shape index (κ1) is 35.4. The molecular weight excluding hydrogens is 745 g/mol. The van der Waals surface area contributed by atoms with Gasteiger partial charge in [-0.2, -0.15) is 0 Å². The Morgan fingerprint density at radius 2 is 1.52 bits per heavy atom. The van der Waals surface area contributed by atoms with Crippen molar-refractivity contribution >= 4 is 59.9 Å². The van der Waals surface area contributed by atoms with E-state index in [1.165, 1.54) is 21.8 Å². The van der Waals surface area contributed by atoms with Gasteiger partial charge in [-0.15, -0.1) is 0 Å². The van der Waals surface area contributed by atoms with E-state index in [1.807, 2.05) is 24.3 Å². The van der Waals surface area contributed by atoms with Crippen molar-refractivity contribution in [2.45, 2.75) is 59.3 Å². The van der Waals surface area contributed by atoms with E-state index < -0.39 is 43.2 Å². The second-order valence-electron chi connectivity index (χ2n) is 12.3. The van der Waals surface area contributed by atoms with Gasteiger partial charge in [0.15, 0.2) is 0 Å². The molecule has 1 aliphatic rings. The van der Waals surface area contributed by atoms with Crippen LogP contribution in [-0.2, 0) is 16.0 Å². The Bertz CT molecular complexity index is 1380. The molecule has 0 bridgehead atoms. The van der Waals surface area contributed by atoms with Crippen molar-refractivity contribution in [3.8, 4) is 5.75 Å². The molecule has 0 saturated carbocycles. The molecule has 4 amide bonds. The monoisotopic (exact) mass is 787 g/mol. The average Bonchev–Trinajstić information content (AvgIpc) is 2.91. The Kier molecular flexibility index (Phi) is 11.6. The molecule has 242 valence electrons. The number of carbonyl (C=O) groups excluding carboxylic acids is 3. The molecule has 0 radical (unpaired) electrons. The van der Waals surface area contributed by atoms with Crippen molar-refractivity contribution < 1.29 is 28.6 Å². The van der Waals surface area contributed by atoms with Crippen LogP contribution < -0.4 is 4.74 Å². The van der Waals surface area contributed by atoms with Crippen molar-refractivity contribution in [1.29, 1.82) is 0 Å². The van der Waals surface area contributed by atoms with Crippen LogP contribution >= 0.6 is 35.7 Å². The molecule has 13 heteroatoms. The van der Waals surface area contributed by atoms with Crippen molar-refractivity contribution in [2.24, 2.45) is 4.99 Å². The van der Waals surface area contributed by atoms with Gasteiger partial charge < -0.3 is 0 Å². The van der Waals surface area contributed by atoms with Crippen LogP contribution in [-0.4, -0.2) is 94.5 Å². The Balaban J connectivity index is 2.04. The van der Waals surface area contributed by atoms with Crippen LogP contribution in [0, 0.1) is 7.14 Å². The number of hydrogen-bond acceptors (Lipinski definition) is 6. The number of nitrogens with zero attached hydrogens (tertiary/aromatic N) is 5. The quantitative estimate of drug-likeness (QED) is 0.141. The van der Waals surface area contributed by atoms with E-state index in [9.17, 15) is 14.4 Å². The van der Waals surface area contributed by atoms with E-state index in [2.05, 4.69) is 44.1 Å². The normalized spacial score (nSPS) is 14.8. The first-order chi connectivity index (χ1) is 20.4. The van der Waals surface area contributed by atoms with Crippen LogP contribution in [0.2, 0.25) is 0 Å². The number of ether oxygens (including phenoxy) is 3. The first-order valence-corrected chi connectivity index (χ1v) is 19.0. The van der Waals surface area contributed by atoms with Gasteiger partial charge in [0, 0.05) is 0 Å². The van der Waals surface area contributed by atoms with Crippen LogP contribution in [0.25, 0.3) is 0 Å². The summed E-state index contributed by atoms with van der Waals surface area (Å²) in [6.45, 7) is 10.8. The number of guanidine groups is 1. The Hall–Kier alpha value is -3.07. The van der Waals surface area contributed by atoms with Gasteiger partial charge in [-0.3, -0.25) is 0 Å². The van der Waals surface area contributed by atoms with Crippen molar-refractivity contribution in [3.05, 3.63) is 59.6 Å². The van der Waals surface area contributed by atoms with E-state index >= 15 is 0 Å². The molecule has 0 N–H and O–H groups in total. The molecule has 1 aliphatic heterocycles. The van der Waals surface area contributed by atoms with E-state index in [0.717, 1.165) is 15.8 Å². The molecule has 2 aromatic rings. The number of aliphatic imine (C=N–C) groups is 1. The summed E-state index contributed by atoms with van der Waals surface area (Å²) in [5.74, 6) is 0.830. The van der Waals surface area contributed by atoms with Crippen molar-refractivity contribution in [3.63, 3.8) is 0 Å². The van der Waals surface area contributed by atoms with Gasteiger partial charge >= 0.3 is 277 Å². The first-order valence-electron chi connectivity index (χ1n) is 13.9. The Morgan fingerprint density at radius 1 is 0.955 bits per heavy atom. The zero-order valence-electron chi connectivity index (χ0n) is 27.1. The Labute approximate surface area is 276 Å². The number of carbonyl (C=O) groups is 3. The zero-order valence-corrected chi connectivity index (χ0v) is 30.8. The topological polar surface area (TPSA) is 104 Å². The SMILES string of the molecule is COc1ccc(I(C)c2ccc(CN(C(=O)OC(C)(C)C)C(=NC(=O)OC(C)(C)C)N3CN(C)C(=O)N(C)C3)cc2Br)cc1. The van der Waals surface area contributed by atoms with Crippen LogP contribution in [0.4, 0.5) is 14.4 Å². The fourth-order valence-electron chi connectivity index (χ4n) is 4.23. The van der Waals surface area contributed by atoms with Crippen LogP contribution in [0.3, 0.4) is 0 Å². The Morgan fingerprint density at radius 3 is 2.02 bits per heavy atom. The molecule has 1 saturated heterocycles. The maximum absolute atomic E-state index is 13.8. The number of halogens is 2. The third-order valence-electron chi connectivity index (χ3n) is 6.15.